The molecule has 3 rings (SSSR count). The Hall–Kier alpha value is -2.96. The third-order valence-corrected chi connectivity index (χ3v) is 3.64. The molecule has 1 fully saturated rings. The molecule has 7 heteroatoms. The molecule has 1 aliphatic rings. The predicted molar refractivity (Wildman–Crippen MR) is 81.5 cm³/mol. The van der Waals surface area contributed by atoms with Crippen LogP contribution in [0.5, 0.6) is 5.75 Å². The molecule has 0 spiro atoms. The van der Waals surface area contributed by atoms with Crippen LogP contribution in [-0.2, 0) is 4.74 Å². The normalized spacial score (nSPS) is 17.0. The van der Waals surface area contributed by atoms with Crippen LogP contribution >= 0.6 is 0 Å². The Morgan fingerprint density at radius 3 is 2.62 bits per heavy atom. The van der Waals surface area contributed by atoms with Gasteiger partial charge in [0.1, 0.15) is 11.9 Å². The highest BCUT2D eigenvalue weighted by atomic mass is 19.3. The summed E-state index contributed by atoms with van der Waals surface area (Å²) in [4.78, 5) is 24.3. The quantitative estimate of drug-likeness (QED) is 0.781. The van der Waals surface area contributed by atoms with Gasteiger partial charge in [-0.05, 0) is 17.7 Å². The van der Waals surface area contributed by atoms with E-state index >= 15 is 0 Å². The first-order valence-corrected chi connectivity index (χ1v) is 7.15. The van der Waals surface area contributed by atoms with Gasteiger partial charge in [0.2, 0.25) is 0 Å². The van der Waals surface area contributed by atoms with Crippen molar-refractivity contribution in [2.45, 2.75) is 12.7 Å². The van der Waals surface area contributed by atoms with Crippen LogP contribution in [-0.4, -0.2) is 25.5 Å². The average molecular weight is 333 g/mol. The smallest absolute Gasteiger partial charge is 0.415 e. The highest BCUT2D eigenvalue weighted by Gasteiger charge is 2.33. The summed E-state index contributed by atoms with van der Waals surface area (Å²) in [7, 11) is 0. The first-order valence-electron chi connectivity index (χ1n) is 7.15. The fraction of sp³-hybridized carbons (Fsp3) is 0.176. The molecule has 1 aliphatic heterocycles. The van der Waals surface area contributed by atoms with E-state index in [4.69, 9.17) is 4.74 Å². The summed E-state index contributed by atoms with van der Waals surface area (Å²) in [5.41, 5.74) is 1.13. The molecule has 124 valence electrons. The number of amides is 1. The number of hydrogen-bond donors (Lipinski definition) is 0. The largest absolute Gasteiger partial charge is 0.439 e. The summed E-state index contributed by atoms with van der Waals surface area (Å²) in [5.74, 6) is -0.284. The number of anilines is 1. The fourth-order valence-corrected chi connectivity index (χ4v) is 2.50. The zero-order chi connectivity index (χ0) is 17.1. The number of carbonyl (C=O) groups excluding carboxylic acids is 2. The van der Waals surface area contributed by atoms with Crippen molar-refractivity contribution in [1.82, 2.24) is 0 Å². The molecule has 1 heterocycles. The lowest BCUT2D eigenvalue weighted by Gasteiger charge is -2.15. The van der Waals surface area contributed by atoms with Crippen molar-refractivity contribution in [3.63, 3.8) is 0 Å². The number of cyclic esters (lactones) is 1. The molecule has 0 aliphatic carbocycles. The SMILES string of the molecule is O=Cc1ccc(N2C[C@@H](c3ccccc3)OC2=O)cc1OC(F)F. The van der Waals surface area contributed by atoms with Gasteiger partial charge in [0.05, 0.1) is 17.8 Å². The molecule has 0 unspecified atom stereocenters. The van der Waals surface area contributed by atoms with Crippen LogP contribution in [0.3, 0.4) is 0 Å². The molecule has 24 heavy (non-hydrogen) atoms. The molecule has 0 bridgehead atoms. The highest BCUT2D eigenvalue weighted by molar-refractivity contribution is 5.91. The minimum absolute atomic E-state index is 0.0220. The summed E-state index contributed by atoms with van der Waals surface area (Å²) < 4.78 is 34.6. The number of ether oxygens (including phenoxy) is 2. The van der Waals surface area contributed by atoms with E-state index < -0.39 is 18.8 Å². The molecule has 1 amide bonds. The second-order valence-electron chi connectivity index (χ2n) is 5.11. The van der Waals surface area contributed by atoms with Gasteiger partial charge in [-0.25, -0.2) is 4.79 Å². The zero-order valence-electron chi connectivity index (χ0n) is 12.4. The number of alkyl halides is 2. The van der Waals surface area contributed by atoms with Gasteiger partial charge in [0, 0.05) is 6.07 Å². The molecular weight excluding hydrogens is 320 g/mol. The van der Waals surface area contributed by atoms with Gasteiger partial charge < -0.3 is 9.47 Å². The standard InChI is InChI=1S/C17H13F2NO4/c18-16(19)23-14-8-13(7-6-12(14)10-21)20-9-15(24-17(20)22)11-4-2-1-3-5-11/h1-8,10,15-16H,9H2/t15-/m0/s1. The number of halogens is 2. The molecule has 1 atom stereocenters. The Morgan fingerprint density at radius 2 is 1.96 bits per heavy atom. The lowest BCUT2D eigenvalue weighted by atomic mass is 10.1. The van der Waals surface area contributed by atoms with E-state index in [9.17, 15) is 18.4 Å². The van der Waals surface area contributed by atoms with E-state index in [-0.39, 0.29) is 17.9 Å². The minimum atomic E-state index is -3.07. The molecule has 0 aromatic heterocycles. The number of aldehydes is 1. The first kappa shape index (κ1) is 15.9. The number of hydrogen-bond acceptors (Lipinski definition) is 4. The van der Waals surface area contributed by atoms with E-state index in [1.54, 1.807) is 0 Å². The van der Waals surface area contributed by atoms with Crippen molar-refractivity contribution < 1.29 is 27.8 Å². The van der Waals surface area contributed by atoms with Gasteiger partial charge in [-0.15, -0.1) is 0 Å². The summed E-state index contributed by atoms with van der Waals surface area (Å²) in [6.45, 7) is -2.83. The van der Waals surface area contributed by atoms with Crippen LogP contribution in [0.15, 0.2) is 48.5 Å². The van der Waals surface area contributed by atoms with Crippen LogP contribution < -0.4 is 9.64 Å². The van der Waals surface area contributed by atoms with E-state index in [0.29, 0.717) is 12.0 Å². The Kier molecular flexibility index (Phi) is 4.41. The Labute approximate surface area is 136 Å². The zero-order valence-corrected chi connectivity index (χ0v) is 12.4. The van der Waals surface area contributed by atoms with E-state index in [2.05, 4.69) is 4.74 Å². The highest BCUT2D eigenvalue weighted by Crippen LogP contribution is 2.33. The summed E-state index contributed by atoms with van der Waals surface area (Å²) in [5, 5.41) is 0. The second kappa shape index (κ2) is 6.66. The summed E-state index contributed by atoms with van der Waals surface area (Å²) in [6, 6.07) is 13.2. The second-order valence-corrected chi connectivity index (χ2v) is 5.11. The molecule has 0 N–H and O–H groups in total. The van der Waals surface area contributed by atoms with Crippen LogP contribution in [0.4, 0.5) is 19.3 Å². The van der Waals surface area contributed by atoms with Crippen molar-refractivity contribution in [1.29, 1.82) is 0 Å². The Balaban J connectivity index is 1.86. The molecule has 0 radical (unpaired) electrons. The Bertz CT molecular complexity index is 752. The van der Waals surface area contributed by atoms with Gasteiger partial charge in [-0.1, -0.05) is 30.3 Å². The monoisotopic (exact) mass is 333 g/mol. The minimum Gasteiger partial charge on any atom is -0.439 e. The van der Waals surface area contributed by atoms with Gasteiger partial charge in [-0.2, -0.15) is 8.78 Å². The van der Waals surface area contributed by atoms with Crippen molar-refractivity contribution in [2.24, 2.45) is 0 Å². The third-order valence-electron chi connectivity index (χ3n) is 3.64. The van der Waals surface area contributed by atoms with Crippen molar-refractivity contribution in [3.05, 3.63) is 59.7 Å². The van der Waals surface area contributed by atoms with Crippen LogP contribution in [0, 0.1) is 0 Å². The lowest BCUT2D eigenvalue weighted by molar-refractivity contribution is -0.0500. The number of carbonyl (C=O) groups is 2. The maximum Gasteiger partial charge on any atom is 0.415 e. The molecule has 2 aromatic rings. The Morgan fingerprint density at radius 1 is 1.21 bits per heavy atom. The van der Waals surface area contributed by atoms with Crippen molar-refractivity contribution in [2.75, 3.05) is 11.4 Å². The van der Waals surface area contributed by atoms with Crippen molar-refractivity contribution >= 4 is 18.1 Å². The van der Waals surface area contributed by atoms with E-state index in [1.807, 2.05) is 30.3 Å². The van der Waals surface area contributed by atoms with E-state index in [0.717, 1.165) is 5.56 Å². The molecule has 0 saturated carbocycles. The van der Waals surface area contributed by atoms with Crippen LogP contribution in [0.2, 0.25) is 0 Å². The average Bonchev–Trinajstić information content (AvgIpc) is 2.97. The summed E-state index contributed by atoms with van der Waals surface area (Å²) in [6.07, 6.45) is -0.633. The van der Waals surface area contributed by atoms with Gasteiger partial charge in [0.15, 0.2) is 6.29 Å². The van der Waals surface area contributed by atoms with Gasteiger partial charge in [0.25, 0.3) is 0 Å². The third kappa shape index (κ3) is 3.19. The van der Waals surface area contributed by atoms with Gasteiger partial charge >= 0.3 is 12.7 Å². The first-order chi connectivity index (χ1) is 11.6. The maximum atomic E-state index is 12.5. The van der Waals surface area contributed by atoms with Gasteiger partial charge in [-0.3, -0.25) is 9.69 Å². The maximum absolute atomic E-state index is 12.5. The van der Waals surface area contributed by atoms with E-state index in [1.165, 1.54) is 23.1 Å². The number of nitrogens with zero attached hydrogens (tertiary/aromatic N) is 1. The predicted octanol–water partition coefficient (Wildman–Crippen LogP) is 3.80. The fourth-order valence-electron chi connectivity index (χ4n) is 2.50. The van der Waals surface area contributed by atoms with Crippen LogP contribution in [0.1, 0.15) is 22.0 Å². The topological polar surface area (TPSA) is 55.8 Å². The van der Waals surface area contributed by atoms with Crippen LogP contribution in [0.25, 0.3) is 0 Å². The number of benzene rings is 2. The molecule has 1 saturated heterocycles. The number of rotatable bonds is 5. The lowest BCUT2D eigenvalue weighted by Crippen LogP contribution is -2.23. The van der Waals surface area contributed by atoms with Crippen molar-refractivity contribution in [3.8, 4) is 5.75 Å². The molecular formula is C17H13F2NO4. The molecule has 2 aromatic carbocycles. The molecule has 5 nitrogen and oxygen atoms in total. The summed E-state index contributed by atoms with van der Waals surface area (Å²) >= 11 is 0.